The highest BCUT2D eigenvalue weighted by atomic mass is 79.9. The van der Waals surface area contributed by atoms with E-state index in [0.29, 0.717) is 28.8 Å². The third-order valence-electron chi connectivity index (χ3n) is 3.24. The lowest BCUT2D eigenvalue weighted by atomic mass is 10.1. The number of methoxy groups -OCH3 is 2. The van der Waals surface area contributed by atoms with E-state index < -0.39 is 5.97 Å². The molecule has 0 saturated carbocycles. The van der Waals surface area contributed by atoms with E-state index in [1.165, 1.54) is 12.1 Å². The van der Waals surface area contributed by atoms with Crippen LogP contribution in [0, 0.1) is 0 Å². The maximum Gasteiger partial charge on any atom is 0.335 e. The van der Waals surface area contributed by atoms with Crippen molar-refractivity contribution in [2.24, 2.45) is 0 Å². The summed E-state index contributed by atoms with van der Waals surface area (Å²) in [6.07, 6.45) is 0. The minimum Gasteiger partial charge on any atom is -0.493 e. The molecule has 0 heterocycles. The van der Waals surface area contributed by atoms with Crippen molar-refractivity contribution in [2.45, 2.75) is 6.54 Å². The van der Waals surface area contributed by atoms with Crippen LogP contribution in [0.25, 0.3) is 0 Å². The van der Waals surface area contributed by atoms with Gasteiger partial charge in [0.15, 0.2) is 11.5 Å². The monoisotopic (exact) mass is 399 g/mol. The van der Waals surface area contributed by atoms with Crippen LogP contribution in [0.5, 0.6) is 11.5 Å². The topological polar surface area (TPSA) is 67.8 Å². The number of hydrogen-bond acceptors (Lipinski definition) is 4. The molecule has 0 atom stereocenters. The molecule has 122 valence electrons. The van der Waals surface area contributed by atoms with Gasteiger partial charge in [0.05, 0.1) is 30.5 Å². The predicted octanol–water partition coefficient (Wildman–Crippen LogP) is 4.43. The van der Waals surface area contributed by atoms with Gasteiger partial charge in [-0.1, -0.05) is 27.5 Å². The van der Waals surface area contributed by atoms with Crippen molar-refractivity contribution in [3.8, 4) is 11.5 Å². The summed E-state index contributed by atoms with van der Waals surface area (Å²) < 4.78 is 11.4. The molecule has 0 aliphatic carbocycles. The van der Waals surface area contributed by atoms with E-state index >= 15 is 0 Å². The zero-order chi connectivity index (χ0) is 17.0. The molecule has 2 N–H and O–H groups in total. The lowest BCUT2D eigenvalue weighted by molar-refractivity contribution is 0.0697. The van der Waals surface area contributed by atoms with E-state index in [1.54, 1.807) is 20.3 Å². The molecule has 0 aromatic heterocycles. The van der Waals surface area contributed by atoms with Crippen LogP contribution in [0.2, 0.25) is 5.02 Å². The summed E-state index contributed by atoms with van der Waals surface area (Å²) in [5.74, 6) is 0.226. The van der Waals surface area contributed by atoms with Gasteiger partial charge in [-0.05, 0) is 35.9 Å². The Morgan fingerprint density at radius 3 is 2.48 bits per heavy atom. The molecular weight excluding hydrogens is 386 g/mol. The van der Waals surface area contributed by atoms with Gasteiger partial charge in [0.25, 0.3) is 0 Å². The molecule has 0 fully saturated rings. The Labute approximate surface area is 147 Å². The van der Waals surface area contributed by atoms with Crippen LogP contribution in [-0.4, -0.2) is 25.3 Å². The molecule has 23 heavy (non-hydrogen) atoms. The lowest BCUT2D eigenvalue weighted by Crippen LogP contribution is -2.04. The molecule has 5 nitrogen and oxygen atoms in total. The Morgan fingerprint density at radius 2 is 1.87 bits per heavy atom. The molecule has 0 spiro atoms. The smallest absolute Gasteiger partial charge is 0.335 e. The molecule has 0 unspecified atom stereocenters. The molecule has 0 radical (unpaired) electrons. The van der Waals surface area contributed by atoms with Crippen molar-refractivity contribution < 1.29 is 19.4 Å². The summed E-state index contributed by atoms with van der Waals surface area (Å²) in [5, 5.41) is 12.6. The van der Waals surface area contributed by atoms with Crippen LogP contribution in [0.1, 0.15) is 15.9 Å². The number of ether oxygens (including phenoxy) is 2. The highest BCUT2D eigenvalue weighted by Crippen LogP contribution is 2.34. The van der Waals surface area contributed by atoms with E-state index in [1.807, 2.05) is 12.1 Å². The van der Waals surface area contributed by atoms with Gasteiger partial charge in [0.1, 0.15) is 0 Å². The summed E-state index contributed by atoms with van der Waals surface area (Å²) in [5.41, 5.74) is 1.64. The molecule has 0 aliphatic rings. The normalized spacial score (nSPS) is 10.3. The summed E-state index contributed by atoms with van der Waals surface area (Å²) >= 11 is 9.58. The van der Waals surface area contributed by atoms with Crippen molar-refractivity contribution >= 4 is 39.2 Å². The van der Waals surface area contributed by atoms with Crippen molar-refractivity contribution in [1.82, 2.24) is 0 Å². The number of nitrogens with one attached hydrogen (secondary N) is 1. The molecule has 0 saturated heterocycles. The zero-order valence-corrected chi connectivity index (χ0v) is 14.9. The minimum atomic E-state index is -1.00. The van der Waals surface area contributed by atoms with Gasteiger partial charge in [-0.15, -0.1) is 0 Å². The molecule has 2 rings (SSSR count). The van der Waals surface area contributed by atoms with Gasteiger partial charge >= 0.3 is 5.97 Å². The molecule has 7 heteroatoms. The Kier molecular flexibility index (Phi) is 5.74. The van der Waals surface area contributed by atoms with Crippen molar-refractivity contribution in [2.75, 3.05) is 19.5 Å². The van der Waals surface area contributed by atoms with Crippen molar-refractivity contribution in [3.63, 3.8) is 0 Å². The molecule has 0 aliphatic heterocycles. The number of benzene rings is 2. The lowest BCUT2D eigenvalue weighted by Gasteiger charge is -2.14. The Bertz CT molecular complexity index is 736. The number of halogens is 2. The first-order valence-corrected chi connectivity index (χ1v) is 7.80. The van der Waals surface area contributed by atoms with Gasteiger partial charge < -0.3 is 19.9 Å². The Hall–Kier alpha value is -1.92. The number of carbonyl (C=O) groups is 1. The van der Waals surface area contributed by atoms with Gasteiger partial charge in [0.2, 0.25) is 0 Å². The largest absolute Gasteiger partial charge is 0.493 e. The fraction of sp³-hybridized carbons (Fsp3) is 0.188. The van der Waals surface area contributed by atoms with Crippen LogP contribution in [0.4, 0.5) is 5.69 Å². The second kappa shape index (κ2) is 7.57. The molecule has 0 bridgehead atoms. The number of anilines is 1. The fourth-order valence-corrected chi connectivity index (χ4v) is 2.66. The van der Waals surface area contributed by atoms with Crippen molar-refractivity contribution in [1.29, 1.82) is 0 Å². The number of carboxylic acids is 1. The quantitative estimate of drug-likeness (QED) is 0.751. The Balaban J connectivity index is 2.24. The summed E-state index contributed by atoms with van der Waals surface area (Å²) in [4.78, 5) is 11.0. The standard InChI is InChI=1S/C16H15BrClNO4/c1-22-14-6-10(11(17)7-15(14)23-2)8-19-13-5-9(16(20)21)3-4-12(13)18/h3-7,19H,8H2,1-2H3,(H,20,21). The van der Waals surface area contributed by atoms with Gasteiger partial charge in [-0.25, -0.2) is 4.79 Å². The van der Waals surface area contributed by atoms with Crippen LogP contribution in [0.15, 0.2) is 34.8 Å². The first kappa shape index (κ1) is 17.4. The third kappa shape index (κ3) is 4.09. The molecular formula is C16H15BrClNO4. The average molecular weight is 401 g/mol. The van der Waals surface area contributed by atoms with Gasteiger partial charge in [-0.3, -0.25) is 0 Å². The summed E-state index contributed by atoms with van der Waals surface area (Å²) in [6.45, 7) is 0.434. The van der Waals surface area contributed by atoms with Gasteiger partial charge in [0, 0.05) is 11.0 Å². The molecule has 0 amide bonds. The number of carboxylic acid groups (broad SMARTS) is 1. The maximum atomic E-state index is 11.0. The van der Waals surface area contributed by atoms with Gasteiger partial charge in [-0.2, -0.15) is 0 Å². The van der Waals surface area contributed by atoms with Crippen LogP contribution < -0.4 is 14.8 Å². The highest BCUT2D eigenvalue weighted by Gasteiger charge is 2.11. The van der Waals surface area contributed by atoms with E-state index in [9.17, 15) is 4.79 Å². The summed E-state index contributed by atoms with van der Waals surface area (Å²) in [7, 11) is 3.13. The van der Waals surface area contributed by atoms with E-state index in [0.717, 1.165) is 10.0 Å². The first-order chi connectivity index (χ1) is 11.0. The fourth-order valence-electron chi connectivity index (χ4n) is 2.02. The van der Waals surface area contributed by atoms with E-state index in [4.69, 9.17) is 26.2 Å². The van der Waals surface area contributed by atoms with Crippen LogP contribution in [0.3, 0.4) is 0 Å². The third-order valence-corrected chi connectivity index (χ3v) is 4.30. The zero-order valence-electron chi connectivity index (χ0n) is 12.5. The van der Waals surface area contributed by atoms with Crippen molar-refractivity contribution in [3.05, 3.63) is 51.0 Å². The predicted molar refractivity (Wildman–Crippen MR) is 93.0 cm³/mol. The van der Waals surface area contributed by atoms with Crippen LogP contribution in [-0.2, 0) is 6.54 Å². The number of aromatic carboxylic acids is 1. The molecule has 2 aromatic carbocycles. The SMILES string of the molecule is COc1cc(Br)c(CNc2cc(C(=O)O)ccc2Cl)cc1OC. The highest BCUT2D eigenvalue weighted by molar-refractivity contribution is 9.10. The number of hydrogen-bond donors (Lipinski definition) is 2. The summed E-state index contributed by atoms with van der Waals surface area (Å²) in [6, 6.07) is 8.16. The second-order valence-electron chi connectivity index (χ2n) is 4.65. The van der Waals surface area contributed by atoms with E-state index in [2.05, 4.69) is 21.2 Å². The van der Waals surface area contributed by atoms with E-state index in [-0.39, 0.29) is 5.56 Å². The average Bonchev–Trinajstić information content (AvgIpc) is 2.54. The second-order valence-corrected chi connectivity index (χ2v) is 5.91. The molecule has 2 aromatic rings. The first-order valence-electron chi connectivity index (χ1n) is 6.63. The minimum absolute atomic E-state index is 0.170. The van der Waals surface area contributed by atoms with Crippen LogP contribution >= 0.6 is 27.5 Å². The number of rotatable bonds is 6. The maximum absolute atomic E-state index is 11.0. The Morgan fingerprint density at radius 1 is 1.22 bits per heavy atom.